The number of aryl methyl sites for hydroxylation is 1. The molecule has 0 saturated heterocycles. The highest BCUT2D eigenvalue weighted by atomic mass is 32.1. The number of Topliss-reactive ketones (excluding diaryl/α,β-unsaturated/α-hetero) is 1. The summed E-state index contributed by atoms with van der Waals surface area (Å²) in [4.78, 5) is 26.0. The maximum Gasteiger partial charge on any atom is 0.348 e. The van der Waals surface area contributed by atoms with Crippen molar-refractivity contribution in [3.05, 3.63) is 67.8 Å². The first-order valence-electron chi connectivity index (χ1n) is 7.49. The quantitative estimate of drug-likeness (QED) is 0.486. The number of hydrogen-bond acceptors (Lipinski definition) is 5. The zero-order chi connectivity index (χ0) is 17.1. The highest BCUT2D eigenvalue weighted by molar-refractivity contribution is 7.12. The summed E-state index contributed by atoms with van der Waals surface area (Å²) in [5, 5.41) is 3.84. The van der Waals surface area contributed by atoms with Crippen LogP contribution in [0.2, 0.25) is 0 Å². The summed E-state index contributed by atoms with van der Waals surface area (Å²) in [6.45, 7) is 4.42. The van der Waals surface area contributed by atoms with Crippen LogP contribution in [-0.2, 0) is 11.3 Å². The minimum absolute atomic E-state index is 0.176. The second kappa shape index (κ2) is 7.15. The Balaban J connectivity index is 1.70. The fraction of sp³-hybridized carbons (Fsp3) is 0.222. The Morgan fingerprint density at radius 3 is 2.54 bits per heavy atom. The molecule has 24 heavy (non-hydrogen) atoms. The van der Waals surface area contributed by atoms with Crippen LogP contribution in [0, 0.1) is 13.8 Å². The molecule has 0 aliphatic carbocycles. The van der Waals surface area contributed by atoms with Crippen LogP contribution in [0.3, 0.4) is 0 Å². The Hall–Kier alpha value is -2.18. The van der Waals surface area contributed by atoms with Gasteiger partial charge in [0, 0.05) is 21.8 Å². The lowest BCUT2D eigenvalue weighted by molar-refractivity contribution is 0.0479. The van der Waals surface area contributed by atoms with Gasteiger partial charge >= 0.3 is 5.97 Å². The molecule has 3 aromatic heterocycles. The monoisotopic (exact) mass is 359 g/mol. The molecule has 0 unspecified atom stereocenters. The molecule has 3 rings (SSSR count). The van der Waals surface area contributed by atoms with Gasteiger partial charge in [-0.1, -0.05) is 12.1 Å². The van der Waals surface area contributed by atoms with Gasteiger partial charge in [0.2, 0.25) is 5.78 Å². The standard InChI is InChI=1S/C18H17NO3S2/c1-12-9-15(13(2)19(12)10-14-5-3-7-23-14)16(20)11-22-18(21)17-6-4-8-24-17/h3-9H,10-11H2,1-2H3. The van der Waals surface area contributed by atoms with Crippen LogP contribution in [0.15, 0.2) is 41.1 Å². The molecule has 0 amide bonds. The van der Waals surface area contributed by atoms with Gasteiger partial charge in [-0.05, 0) is 42.8 Å². The average Bonchev–Trinajstić information content (AvgIpc) is 3.30. The van der Waals surface area contributed by atoms with E-state index >= 15 is 0 Å². The smallest absolute Gasteiger partial charge is 0.348 e. The SMILES string of the molecule is Cc1cc(C(=O)COC(=O)c2cccs2)c(C)n1Cc1cccs1. The van der Waals surface area contributed by atoms with E-state index in [0.29, 0.717) is 10.4 Å². The van der Waals surface area contributed by atoms with Gasteiger partial charge in [-0.15, -0.1) is 22.7 Å². The van der Waals surface area contributed by atoms with Gasteiger partial charge in [-0.3, -0.25) is 4.79 Å². The van der Waals surface area contributed by atoms with Crippen molar-refractivity contribution >= 4 is 34.4 Å². The van der Waals surface area contributed by atoms with E-state index in [2.05, 4.69) is 10.6 Å². The Morgan fingerprint density at radius 2 is 1.88 bits per heavy atom. The topological polar surface area (TPSA) is 48.3 Å². The zero-order valence-electron chi connectivity index (χ0n) is 13.4. The van der Waals surface area contributed by atoms with Crippen molar-refractivity contribution in [2.45, 2.75) is 20.4 Å². The van der Waals surface area contributed by atoms with E-state index < -0.39 is 5.97 Å². The maximum absolute atomic E-state index is 12.4. The second-order valence-corrected chi connectivity index (χ2v) is 7.41. The summed E-state index contributed by atoms with van der Waals surface area (Å²) in [6.07, 6.45) is 0. The van der Waals surface area contributed by atoms with Gasteiger partial charge in [0.25, 0.3) is 0 Å². The minimum atomic E-state index is -0.453. The first-order valence-corrected chi connectivity index (χ1v) is 9.25. The van der Waals surface area contributed by atoms with Crippen LogP contribution in [0.1, 0.15) is 36.3 Å². The third-order valence-corrected chi connectivity index (χ3v) is 5.54. The van der Waals surface area contributed by atoms with Crippen molar-refractivity contribution in [2.75, 3.05) is 6.61 Å². The first kappa shape index (κ1) is 16.7. The van der Waals surface area contributed by atoms with Crippen molar-refractivity contribution in [1.82, 2.24) is 4.57 Å². The number of thiophene rings is 2. The molecule has 0 fully saturated rings. The second-order valence-electron chi connectivity index (χ2n) is 5.43. The van der Waals surface area contributed by atoms with E-state index in [0.717, 1.165) is 17.9 Å². The Labute approximate surface area is 148 Å². The summed E-state index contributed by atoms with van der Waals surface area (Å²) in [7, 11) is 0. The van der Waals surface area contributed by atoms with Gasteiger partial charge in [-0.2, -0.15) is 0 Å². The van der Waals surface area contributed by atoms with Crippen molar-refractivity contribution in [3.63, 3.8) is 0 Å². The number of ether oxygens (including phenoxy) is 1. The van der Waals surface area contributed by atoms with Crippen LogP contribution in [-0.4, -0.2) is 22.9 Å². The van der Waals surface area contributed by atoms with Crippen molar-refractivity contribution in [2.24, 2.45) is 0 Å². The van der Waals surface area contributed by atoms with E-state index in [1.165, 1.54) is 16.2 Å². The number of rotatable bonds is 6. The molecule has 0 N–H and O–H groups in total. The van der Waals surface area contributed by atoms with Crippen molar-refractivity contribution < 1.29 is 14.3 Å². The predicted octanol–water partition coefficient (Wildman–Crippen LogP) is 4.32. The highest BCUT2D eigenvalue weighted by Gasteiger charge is 2.18. The van der Waals surface area contributed by atoms with E-state index in [1.54, 1.807) is 28.8 Å². The molecule has 4 nitrogen and oxygen atoms in total. The van der Waals surface area contributed by atoms with Gasteiger partial charge < -0.3 is 9.30 Å². The lowest BCUT2D eigenvalue weighted by atomic mass is 10.1. The number of carbonyl (C=O) groups is 2. The molecule has 0 spiro atoms. The molecule has 3 heterocycles. The van der Waals surface area contributed by atoms with Crippen LogP contribution in [0.4, 0.5) is 0 Å². The van der Waals surface area contributed by atoms with Crippen LogP contribution >= 0.6 is 22.7 Å². The van der Waals surface area contributed by atoms with Gasteiger partial charge in [0.05, 0.1) is 6.54 Å². The van der Waals surface area contributed by atoms with Crippen LogP contribution < -0.4 is 0 Å². The first-order chi connectivity index (χ1) is 11.6. The fourth-order valence-corrected chi connectivity index (χ4v) is 3.87. The van der Waals surface area contributed by atoms with Gasteiger partial charge in [0.1, 0.15) is 4.88 Å². The molecule has 0 aliphatic rings. The predicted molar refractivity (Wildman–Crippen MR) is 96.3 cm³/mol. The Morgan fingerprint density at radius 1 is 1.12 bits per heavy atom. The van der Waals surface area contributed by atoms with Crippen molar-refractivity contribution in [1.29, 1.82) is 0 Å². The fourth-order valence-electron chi connectivity index (χ4n) is 2.56. The lowest BCUT2D eigenvalue weighted by Gasteiger charge is -2.08. The van der Waals surface area contributed by atoms with E-state index in [1.807, 2.05) is 31.4 Å². The summed E-state index contributed by atoms with van der Waals surface area (Å²) >= 11 is 2.99. The molecule has 0 atom stereocenters. The molecule has 6 heteroatoms. The summed E-state index contributed by atoms with van der Waals surface area (Å²) in [6, 6.07) is 9.42. The van der Waals surface area contributed by atoms with Crippen LogP contribution in [0.5, 0.6) is 0 Å². The summed E-state index contributed by atoms with van der Waals surface area (Å²) in [5.41, 5.74) is 2.54. The van der Waals surface area contributed by atoms with Gasteiger partial charge in [0.15, 0.2) is 6.61 Å². The molecule has 0 aliphatic heterocycles. The third-order valence-electron chi connectivity index (χ3n) is 3.82. The Kier molecular flexibility index (Phi) is 4.97. The minimum Gasteiger partial charge on any atom is -0.453 e. The third kappa shape index (κ3) is 3.49. The molecule has 124 valence electrons. The van der Waals surface area contributed by atoms with Crippen LogP contribution in [0.25, 0.3) is 0 Å². The number of aromatic nitrogens is 1. The van der Waals surface area contributed by atoms with Crippen molar-refractivity contribution in [3.8, 4) is 0 Å². The number of hydrogen-bond donors (Lipinski definition) is 0. The highest BCUT2D eigenvalue weighted by Crippen LogP contribution is 2.20. The van der Waals surface area contributed by atoms with E-state index in [-0.39, 0.29) is 12.4 Å². The molecular formula is C18H17NO3S2. The normalized spacial score (nSPS) is 10.8. The van der Waals surface area contributed by atoms with Gasteiger partial charge in [-0.25, -0.2) is 4.79 Å². The zero-order valence-corrected chi connectivity index (χ0v) is 15.1. The largest absolute Gasteiger partial charge is 0.453 e. The maximum atomic E-state index is 12.4. The summed E-state index contributed by atoms with van der Waals surface area (Å²) < 4.78 is 7.24. The van der Waals surface area contributed by atoms with E-state index in [4.69, 9.17) is 4.74 Å². The Bertz CT molecular complexity index is 845. The number of esters is 1. The average molecular weight is 359 g/mol. The summed E-state index contributed by atoms with van der Waals surface area (Å²) in [5.74, 6) is -0.629. The molecule has 0 bridgehead atoms. The number of ketones is 1. The molecule has 3 aromatic rings. The number of carbonyl (C=O) groups excluding carboxylic acids is 2. The lowest BCUT2D eigenvalue weighted by Crippen LogP contribution is -2.14. The van der Waals surface area contributed by atoms with E-state index in [9.17, 15) is 9.59 Å². The molecule has 0 saturated carbocycles. The molecule has 0 aromatic carbocycles. The number of nitrogens with zero attached hydrogens (tertiary/aromatic N) is 1. The molecular weight excluding hydrogens is 342 g/mol. The molecule has 0 radical (unpaired) electrons.